The van der Waals surface area contributed by atoms with E-state index < -0.39 is 0 Å². The standard InChI is InChI=1S/C16H24N2/c1-16(2)13-17(12-14-6-4-3-5-7-14)15-8-10-18(16)11-9-15/h3-7,15H,8-13H2,1-2H3. The number of hydrogen-bond acceptors (Lipinski definition) is 2. The van der Waals surface area contributed by atoms with Crippen LogP contribution in [0.3, 0.4) is 0 Å². The first-order valence-corrected chi connectivity index (χ1v) is 7.18. The molecule has 18 heavy (non-hydrogen) atoms. The van der Waals surface area contributed by atoms with Gasteiger partial charge in [0.15, 0.2) is 0 Å². The van der Waals surface area contributed by atoms with E-state index in [4.69, 9.17) is 0 Å². The van der Waals surface area contributed by atoms with E-state index in [9.17, 15) is 0 Å². The molecule has 0 saturated carbocycles. The molecule has 3 aliphatic rings. The third-order valence-corrected chi connectivity index (χ3v) is 4.66. The van der Waals surface area contributed by atoms with Crippen LogP contribution in [0.15, 0.2) is 30.3 Å². The average molecular weight is 244 g/mol. The molecule has 4 rings (SSSR count). The van der Waals surface area contributed by atoms with Gasteiger partial charge in [0.05, 0.1) is 0 Å². The smallest absolute Gasteiger partial charge is 0.0280 e. The lowest BCUT2D eigenvalue weighted by Gasteiger charge is -2.37. The second-order valence-electron chi connectivity index (χ2n) is 6.42. The molecule has 0 N–H and O–H groups in total. The minimum Gasteiger partial charge on any atom is -0.297 e. The predicted octanol–water partition coefficient (Wildman–Crippen LogP) is 2.75. The number of benzene rings is 1. The van der Waals surface area contributed by atoms with Crippen molar-refractivity contribution in [2.75, 3.05) is 19.6 Å². The number of rotatable bonds is 2. The Morgan fingerprint density at radius 1 is 1.11 bits per heavy atom. The van der Waals surface area contributed by atoms with Crippen LogP contribution in [-0.2, 0) is 6.54 Å². The van der Waals surface area contributed by atoms with Gasteiger partial charge in [-0.2, -0.15) is 0 Å². The van der Waals surface area contributed by atoms with E-state index in [1.165, 1.54) is 38.0 Å². The van der Waals surface area contributed by atoms with Crippen molar-refractivity contribution >= 4 is 0 Å². The maximum Gasteiger partial charge on any atom is 0.0280 e. The zero-order valence-electron chi connectivity index (χ0n) is 11.6. The van der Waals surface area contributed by atoms with Gasteiger partial charge in [0, 0.05) is 37.8 Å². The molecule has 3 aliphatic heterocycles. The summed E-state index contributed by atoms with van der Waals surface area (Å²) < 4.78 is 0. The predicted molar refractivity (Wildman–Crippen MR) is 75.5 cm³/mol. The Morgan fingerprint density at radius 2 is 1.78 bits per heavy atom. The molecule has 0 aromatic heterocycles. The number of nitrogens with zero attached hydrogens (tertiary/aromatic N) is 2. The Morgan fingerprint density at radius 3 is 2.44 bits per heavy atom. The third-order valence-electron chi connectivity index (χ3n) is 4.66. The summed E-state index contributed by atoms with van der Waals surface area (Å²) in [6, 6.07) is 11.7. The Hall–Kier alpha value is -0.860. The molecule has 3 saturated heterocycles. The van der Waals surface area contributed by atoms with Gasteiger partial charge in [-0.05, 0) is 32.3 Å². The topological polar surface area (TPSA) is 6.48 Å². The maximum atomic E-state index is 2.71. The molecular formula is C16H24N2. The molecule has 2 heteroatoms. The Bertz CT molecular complexity index is 391. The summed E-state index contributed by atoms with van der Waals surface area (Å²) in [7, 11) is 0. The van der Waals surface area contributed by atoms with Crippen LogP contribution in [0, 0.1) is 0 Å². The average Bonchev–Trinajstić information content (AvgIpc) is 2.57. The van der Waals surface area contributed by atoms with E-state index in [1.807, 2.05) is 0 Å². The molecule has 0 atom stereocenters. The molecule has 3 fully saturated rings. The second-order valence-corrected chi connectivity index (χ2v) is 6.42. The van der Waals surface area contributed by atoms with Crippen LogP contribution in [0.25, 0.3) is 0 Å². The fraction of sp³-hybridized carbons (Fsp3) is 0.625. The van der Waals surface area contributed by atoms with Crippen LogP contribution in [0.2, 0.25) is 0 Å². The van der Waals surface area contributed by atoms with E-state index in [2.05, 4.69) is 54.0 Å². The summed E-state index contributed by atoms with van der Waals surface area (Å²) in [5, 5.41) is 0. The van der Waals surface area contributed by atoms with Crippen molar-refractivity contribution in [3.63, 3.8) is 0 Å². The zero-order valence-corrected chi connectivity index (χ0v) is 11.6. The van der Waals surface area contributed by atoms with E-state index >= 15 is 0 Å². The van der Waals surface area contributed by atoms with Gasteiger partial charge in [-0.15, -0.1) is 0 Å². The van der Waals surface area contributed by atoms with Crippen LogP contribution in [0.4, 0.5) is 0 Å². The van der Waals surface area contributed by atoms with Gasteiger partial charge in [0.1, 0.15) is 0 Å². The van der Waals surface area contributed by atoms with Gasteiger partial charge in [-0.1, -0.05) is 30.3 Å². The van der Waals surface area contributed by atoms with Crippen molar-refractivity contribution in [1.82, 2.24) is 9.80 Å². The fourth-order valence-corrected chi connectivity index (χ4v) is 3.57. The van der Waals surface area contributed by atoms with Crippen molar-refractivity contribution in [2.24, 2.45) is 0 Å². The van der Waals surface area contributed by atoms with E-state index in [0.29, 0.717) is 5.54 Å². The summed E-state index contributed by atoms with van der Waals surface area (Å²) in [5.41, 5.74) is 1.79. The second kappa shape index (κ2) is 4.67. The van der Waals surface area contributed by atoms with Gasteiger partial charge in [-0.25, -0.2) is 0 Å². The van der Waals surface area contributed by atoms with Gasteiger partial charge in [0.25, 0.3) is 0 Å². The zero-order chi connectivity index (χ0) is 12.6. The van der Waals surface area contributed by atoms with Crippen molar-refractivity contribution in [1.29, 1.82) is 0 Å². The lowest BCUT2D eigenvalue weighted by atomic mass is 10.0. The Balaban J connectivity index is 1.79. The monoisotopic (exact) mass is 244 g/mol. The molecule has 1 aromatic carbocycles. The van der Waals surface area contributed by atoms with E-state index in [1.54, 1.807) is 0 Å². The molecule has 2 nitrogen and oxygen atoms in total. The van der Waals surface area contributed by atoms with Crippen LogP contribution in [0.1, 0.15) is 32.3 Å². The third kappa shape index (κ3) is 2.32. The molecule has 0 amide bonds. The largest absolute Gasteiger partial charge is 0.297 e. The minimum absolute atomic E-state index is 0.333. The fourth-order valence-electron chi connectivity index (χ4n) is 3.57. The summed E-state index contributed by atoms with van der Waals surface area (Å²) in [4.78, 5) is 5.39. The highest BCUT2D eigenvalue weighted by Gasteiger charge is 2.39. The Kier molecular flexibility index (Phi) is 3.16. The molecule has 98 valence electrons. The van der Waals surface area contributed by atoms with Crippen molar-refractivity contribution in [2.45, 2.75) is 44.8 Å². The summed E-state index contributed by atoms with van der Waals surface area (Å²) in [6.45, 7) is 9.68. The van der Waals surface area contributed by atoms with Crippen molar-refractivity contribution in [3.05, 3.63) is 35.9 Å². The highest BCUT2D eigenvalue weighted by molar-refractivity contribution is 5.15. The lowest BCUT2D eigenvalue weighted by molar-refractivity contribution is 0.120. The van der Waals surface area contributed by atoms with Crippen LogP contribution < -0.4 is 0 Å². The molecule has 3 heterocycles. The molecule has 0 unspecified atom stereocenters. The summed E-state index contributed by atoms with van der Waals surface area (Å²) in [6.07, 6.45) is 2.69. The van der Waals surface area contributed by atoms with Crippen LogP contribution in [0.5, 0.6) is 0 Å². The SMILES string of the molecule is CC1(C)CN(Cc2ccccc2)C2CCN1CC2. The summed E-state index contributed by atoms with van der Waals surface area (Å²) in [5.74, 6) is 0. The summed E-state index contributed by atoms with van der Waals surface area (Å²) >= 11 is 0. The number of fused-ring (bicyclic) bond motifs is 4. The first-order chi connectivity index (χ1) is 8.65. The molecule has 0 spiro atoms. The van der Waals surface area contributed by atoms with Gasteiger partial charge in [0.2, 0.25) is 0 Å². The van der Waals surface area contributed by atoms with Gasteiger partial charge < -0.3 is 0 Å². The molecule has 0 aliphatic carbocycles. The number of hydrogen-bond donors (Lipinski definition) is 0. The number of piperidine rings is 1. The highest BCUT2D eigenvalue weighted by Crippen LogP contribution is 2.31. The van der Waals surface area contributed by atoms with Crippen molar-refractivity contribution < 1.29 is 0 Å². The van der Waals surface area contributed by atoms with Gasteiger partial charge in [-0.3, -0.25) is 9.80 Å². The van der Waals surface area contributed by atoms with Crippen molar-refractivity contribution in [3.8, 4) is 0 Å². The molecular weight excluding hydrogens is 220 g/mol. The maximum absolute atomic E-state index is 2.71. The van der Waals surface area contributed by atoms with E-state index in [0.717, 1.165) is 12.6 Å². The minimum atomic E-state index is 0.333. The molecule has 1 aromatic rings. The highest BCUT2D eigenvalue weighted by atomic mass is 15.3. The van der Waals surface area contributed by atoms with Gasteiger partial charge >= 0.3 is 0 Å². The normalized spacial score (nSPS) is 31.2. The van der Waals surface area contributed by atoms with E-state index in [-0.39, 0.29) is 0 Å². The molecule has 2 bridgehead atoms. The Labute approximate surface area is 111 Å². The quantitative estimate of drug-likeness (QED) is 0.789. The molecule has 0 radical (unpaired) electrons. The lowest BCUT2D eigenvalue weighted by Crippen LogP contribution is -2.48. The van der Waals surface area contributed by atoms with Crippen LogP contribution in [-0.4, -0.2) is 41.0 Å². The first-order valence-electron chi connectivity index (χ1n) is 7.18. The first kappa shape index (κ1) is 12.2. The van der Waals surface area contributed by atoms with Crippen LogP contribution >= 0.6 is 0 Å².